The van der Waals surface area contributed by atoms with Crippen LogP contribution in [0.15, 0.2) is 77.7 Å². The Morgan fingerprint density at radius 2 is 1.62 bits per heavy atom. The van der Waals surface area contributed by atoms with E-state index < -0.39 is 28.3 Å². The van der Waals surface area contributed by atoms with E-state index in [0.717, 1.165) is 35.0 Å². The lowest BCUT2D eigenvalue weighted by atomic mass is 10.1. The van der Waals surface area contributed by atoms with Crippen LogP contribution in [0.3, 0.4) is 0 Å². The second kappa shape index (κ2) is 12.4. The van der Waals surface area contributed by atoms with E-state index in [1.54, 1.807) is 36.4 Å². The molecule has 0 heterocycles. The number of nitrogens with zero attached hydrogens (tertiary/aromatic N) is 1. The third-order valence-corrected chi connectivity index (χ3v) is 7.35. The van der Waals surface area contributed by atoms with E-state index in [4.69, 9.17) is 4.74 Å². The number of halogens is 1. The summed E-state index contributed by atoms with van der Waals surface area (Å²) in [7, 11) is -4.24. The molecule has 8 nitrogen and oxygen atoms in total. The number of carbonyl (C=O) groups is 2. The second-order valence-electron chi connectivity index (χ2n) is 8.27. The van der Waals surface area contributed by atoms with Crippen LogP contribution in [-0.4, -0.2) is 39.4 Å². The molecule has 0 aliphatic heterocycles. The molecule has 0 aromatic heterocycles. The van der Waals surface area contributed by atoms with Gasteiger partial charge in [0.15, 0.2) is 0 Å². The number of benzene rings is 3. The van der Waals surface area contributed by atoms with Crippen LogP contribution >= 0.6 is 0 Å². The lowest BCUT2D eigenvalue weighted by Gasteiger charge is -2.24. The van der Waals surface area contributed by atoms with Crippen molar-refractivity contribution in [2.24, 2.45) is 0 Å². The van der Waals surface area contributed by atoms with Crippen molar-refractivity contribution in [3.05, 3.63) is 84.2 Å². The molecule has 0 spiro atoms. The Labute approximate surface area is 216 Å². The van der Waals surface area contributed by atoms with Crippen LogP contribution in [0.1, 0.15) is 37.6 Å². The molecule has 2 N–H and O–H groups in total. The summed E-state index contributed by atoms with van der Waals surface area (Å²) >= 11 is 0. The average molecular weight is 528 g/mol. The van der Waals surface area contributed by atoms with Crippen molar-refractivity contribution in [3.8, 4) is 5.75 Å². The molecule has 1 atom stereocenters. The molecule has 0 saturated heterocycles. The number of ether oxygens (including phenoxy) is 1. The van der Waals surface area contributed by atoms with Gasteiger partial charge in [-0.2, -0.15) is 0 Å². The molecule has 0 bridgehead atoms. The van der Waals surface area contributed by atoms with Crippen molar-refractivity contribution in [3.63, 3.8) is 0 Å². The highest BCUT2D eigenvalue weighted by molar-refractivity contribution is 7.92. The van der Waals surface area contributed by atoms with E-state index in [2.05, 4.69) is 10.6 Å². The van der Waals surface area contributed by atoms with Crippen molar-refractivity contribution in [1.29, 1.82) is 0 Å². The Kier molecular flexibility index (Phi) is 9.24. The minimum Gasteiger partial charge on any atom is -0.494 e. The van der Waals surface area contributed by atoms with Crippen LogP contribution in [0.4, 0.5) is 15.8 Å². The van der Waals surface area contributed by atoms with Gasteiger partial charge in [-0.25, -0.2) is 12.8 Å². The van der Waals surface area contributed by atoms with Gasteiger partial charge < -0.3 is 15.4 Å². The highest BCUT2D eigenvalue weighted by Crippen LogP contribution is 2.26. The van der Waals surface area contributed by atoms with Crippen LogP contribution in [0.2, 0.25) is 0 Å². The first-order chi connectivity index (χ1) is 17.6. The van der Waals surface area contributed by atoms with Gasteiger partial charge in [-0.1, -0.05) is 19.1 Å². The molecule has 0 aliphatic carbocycles. The maximum Gasteiger partial charge on any atom is 0.264 e. The molecule has 37 heavy (non-hydrogen) atoms. The summed E-state index contributed by atoms with van der Waals surface area (Å²) in [5.74, 6) is -1.07. The highest BCUT2D eigenvalue weighted by Gasteiger charge is 2.28. The normalized spacial score (nSPS) is 11.9. The number of hydrogen-bond donors (Lipinski definition) is 2. The molecular formula is C27H30FN3O5S. The summed E-state index contributed by atoms with van der Waals surface area (Å²) in [6.07, 6.45) is 0.735. The van der Waals surface area contributed by atoms with Crippen molar-refractivity contribution < 1.29 is 27.1 Å². The summed E-state index contributed by atoms with van der Waals surface area (Å²) in [5.41, 5.74) is 0.718. The number of nitrogens with one attached hydrogen (secondary N) is 2. The largest absolute Gasteiger partial charge is 0.494 e. The summed E-state index contributed by atoms with van der Waals surface area (Å²) in [6.45, 7) is 5.48. The fourth-order valence-electron chi connectivity index (χ4n) is 3.44. The van der Waals surface area contributed by atoms with E-state index in [1.807, 2.05) is 20.8 Å². The van der Waals surface area contributed by atoms with Gasteiger partial charge in [0.25, 0.3) is 15.9 Å². The summed E-state index contributed by atoms with van der Waals surface area (Å²) < 4.78 is 46.8. The second-order valence-corrected chi connectivity index (χ2v) is 10.1. The van der Waals surface area contributed by atoms with Crippen molar-refractivity contribution in [1.82, 2.24) is 5.32 Å². The minimum atomic E-state index is -4.24. The van der Waals surface area contributed by atoms with Gasteiger partial charge in [-0.3, -0.25) is 13.9 Å². The van der Waals surface area contributed by atoms with E-state index in [0.29, 0.717) is 12.4 Å². The van der Waals surface area contributed by atoms with Gasteiger partial charge in [0.05, 0.1) is 28.4 Å². The van der Waals surface area contributed by atoms with Crippen LogP contribution < -0.4 is 19.7 Å². The monoisotopic (exact) mass is 527 g/mol. The number of hydrogen-bond acceptors (Lipinski definition) is 5. The molecule has 0 radical (unpaired) electrons. The molecular weight excluding hydrogens is 497 g/mol. The Bertz CT molecular complexity index is 1330. The first kappa shape index (κ1) is 27.7. The summed E-state index contributed by atoms with van der Waals surface area (Å²) in [4.78, 5) is 25.6. The molecule has 2 amide bonds. The average Bonchev–Trinajstić information content (AvgIpc) is 2.88. The molecule has 0 unspecified atom stereocenters. The lowest BCUT2D eigenvalue weighted by molar-refractivity contribution is -0.114. The predicted octanol–water partition coefficient (Wildman–Crippen LogP) is 4.59. The molecule has 3 aromatic carbocycles. The number of rotatable bonds is 11. The number of para-hydroxylation sites is 1. The van der Waals surface area contributed by atoms with Crippen molar-refractivity contribution >= 4 is 33.2 Å². The standard InChI is InChI=1S/C27H30FN3O5S/c1-4-19(3)29-27(33)24-8-6-7-9-25(24)30-26(32)18-31(21-12-14-22(15-13-21)36-5-2)37(34,35)23-16-10-20(28)11-17-23/h6-17,19H,4-5,18H2,1-3H3,(H,29,33)(H,30,32)/t19-/m0/s1. The zero-order valence-corrected chi connectivity index (χ0v) is 21.7. The quantitative estimate of drug-likeness (QED) is 0.380. The first-order valence-corrected chi connectivity index (χ1v) is 13.3. The minimum absolute atomic E-state index is 0.0627. The van der Waals surface area contributed by atoms with Gasteiger partial charge in [-0.15, -0.1) is 0 Å². The van der Waals surface area contributed by atoms with Gasteiger partial charge >= 0.3 is 0 Å². The Morgan fingerprint density at radius 1 is 0.973 bits per heavy atom. The zero-order chi connectivity index (χ0) is 27.0. The zero-order valence-electron chi connectivity index (χ0n) is 20.9. The predicted molar refractivity (Wildman–Crippen MR) is 141 cm³/mol. The van der Waals surface area contributed by atoms with Gasteiger partial charge in [0.1, 0.15) is 18.1 Å². The van der Waals surface area contributed by atoms with E-state index in [-0.39, 0.29) is 33.8 Å². The van der Waals surface area contributed by atoms with Gasteiger partial charge in [0.2, 0.25) is 5.91 Å². The first-order valence-electron chi connectivity index (χ1n) is 11.9. The van der Waals surface area contributed by atoms with Crippen LogP contribution in [0, 0.1) is 5.82 Å². The third-order valence-electron chi connectivity index (χ3n) is 5.56. The number of amides is 2. The van der Waals surface area contributed by atoms with Crippen molar-refractivity contribution in [2.45, 2.75) is 38.1 Å². The fourth-order valence-corrected chi connectivity index (χ4v) is 4.86. The van der Waals surface area contributed by atoms with E-state index >= 15 is 0 Å². The van der Waals surface area contributed by atoms with Gasteiger partial charge in [-0.05, 0) is 80.9 Å². The van der Waals surface area contributed by atoms with Crippen LogP contribution in [0.5, 0.6) is 5.75 Å². The maximum atomic E-state index is 13.5. The highest BCUT2D eigenvalue weighted by atomic mass is 32.2. The van der Waals surface area contributed by atoms with Crippen LogP contribution in [0.25, 0.3) is 0 Å². The number of sulfonamides is 1. The summed E-state index contributed by atoms with van der Waals surface area (Å²) in [6, 6.07) is 17.0. The molecule has 3 aromatic rings. The maximum absolute atomic E-state index is 13.5. The van der Waals surface area contributed by atoms with Gasteiger partial charge in [0, 0.05) is 6.04 Å². The SMILES string of the molecule is CCOc1ccc(N(CC(=O)Nc2ccccc2C(=O)N[C@@H](C)CC)S(=O)(=O)c2ccc(F)cc2)cc1. The Morgan fingerprint density at radius 3 is 2.24 bits per heavy atom. The summed E-state index contributed by atoms with van der Waals surface area (Å²) in [5, 5.41) is 5.51. The molecule has 3 rings (SSSR count). The van der Waals surface area contributed by atoms with E-state index in [1.165, 1.54) is 12.1 Å². The Hall–Kier alpha value is -3.92. The van der Waals surface area contributed by atoms with E-state index in [9.17, 15) is 22.4 Å². The third kappa shape index (κ3) is 7.07. The fraction of sp³-hybridized carbons (Fsp3) is 0.259. The molecule has 0 saturated carbocycles. The molecule has 10 heteroatoms. The number of anilines is 2. The van der Waals surface area contributed by atoms with Crippen molar-refractivity contribution in [2.75, 3.05) is 22.8 Å². The smallest absolute Gasteiger partial charge is 0.264 e. The molecule has 0 aliphatic rings. The number of carbonyl (C=O) groups excluding carboxylic acids is 2. The topological polar surface area (TPSA) is 105 Å². The van der Waals surface area contributed by atoms with Crippen LogP contribution in [-0.2, 0) is 14.8 Å². The Balaban J connectivity index is 1.91. The molecule has 0 fully saturated rings. The lowest BCUT2D eigenvalue weighted by Crippen LogP contribution is -2.38. The molecule has 196 valence electrons.